The predicted molar refractivity (Wildman–Crippen MR) is 221 cm³/mol. The van der Waals surface area contributed by atoms with Crippen LogP contribution in [0.1, 0.15) is 28.4 Å². The van der Waals surface area contributed by atoms with Gasteiger partial charge in [0.2, 0.25) is 5.88 Å². The number of rotatable bonds is 5. The van der Waals surface area contributed by atoms with Crippen LogP contribution < -0.4 is 10.6 Å². The first-order valence-corrected chi connectivity index (χ1v) is 18.2. The summed E-state index contributed by atoms with van der Waals surface area (Å²) in [5.41, 5.74) is 10.8. The summed E-state index contributed by atoms with van der Waals surface area (Å²) < 4.78 is 12.8. The Morgan fingerprint density at radius 2 is 1.39 bits per heavy atom. The van der Waals surface area contributed by atoms with Crippen molar-refractivity contribution in [2.24, 2.45) is 9.98 Å². The topological polar surface area (TPSA) is 75.1 Å². The molecule has 0 saturated heterocycles. The number of anilines is 1. The van der Waals surface area contributed by atoms with E-state index in [1.54, 1.807) is 0 Å². The molecule has 0 amide bonds. The van der Waals surface area contributed by atoms with Gasteiger partial charge in [0, 0.05) is 45.0 Å². The highest BCUT2D eigenvalue weighted by Gasteiger charge is 2.28. The Morgan fingerprint density at radius 1 is 0.574 bits per heavy atom. The molecule has 1 unspecified atom stereocenters. The number of nitrogens with zero attached hydrogens (tertiary/aromatic N) is 2. The zero-order valence-corrected chi connectivity index (χ0v) is 29.1. The minimum Gasteiger partial charge on any atom is -0.456 e. The van der Waals surface area contributed by atoms with Crippen LogP contribution in [0.25, 0.3) is 72.0 Å². The standard InChI is InChI=1S/C48H32N4O2/c1-2-10-29(11-3-1)32-14-8-15-33(26-32)36-23-24-41-43(39-17-9-25-49-48(39)54-41)44(36)47-51-45(34-20-19-30-12-4-5-13-31(30)27-34)50-46(52-47)35-21-22-38-37-16-6-7-18-40(37)53-42(38)28-35/h1-24,26-28,46,49H,25H2,(H,50,51,52). The van der Waals surface area contributed by atoms with Crippen LogP contribution >= 0.6 is 0 Å². The normalized spacial score (nSPS) is 15.2. The second-order valence-corrected chi connectivity index (χ2v) is 13.8. The molecular formula is C48H32N4O2. The molecule has 0 spiro atoms. The van der Waals surface area contributed by atoms with Crippen molar-refractivity contribution < 1.29 is 8.83 Å². The van der Waals surface area contributed by atoms with Gasteiger partial charge in [0.1, 0.15) is 28.8 Å². The first kappa shape index (κ1) is 30.4. The highest BCUT2D eigenvalue weighted by Crippen LogP contribution is 2.41. The molecule has 0 aliphatic carbocycles. The van der Waals surface area contributed by atoms with Gasteiger partial charge in [-0.3, -0.25) is 0 Å². The number of aliphatic imine (C=N–C) groups is 2. The number of hydrogen-bond acceptors (Lipinski definition) is 6. The molecule has 11 rings (SSSR count). The van der Waals surface area contributed by atoms with Gasteiger partial charge in [-0.25, -0.2) is 9.98 Å². The fraction of sp³-hybridized carbons (Fsp3) is 0.0417. The number of fused-ring (bicyclic) bond motifs is 7. The van der Waals surface area contributed by atoms with Crippen LogP contribution in [-0.2, 0) is 0 Å². The molecule has 54 heavy (non-hydrogen) atoms. The van der Waals surface area contributed by atoms with Gasteiger partial charge in [-0.2, -0.15) is 0 Å². The minimum absolute atomic E-state index is 0.452. The van der Waals surface area contributed by atoms with Gasteiger partial charge in [0.15, 0.2) is 5.84 Å². The van der Waals surface area contributed by atoms with E-state index in [1.165, 1.54) is 5.39 Å². The molecule has 6 nitrogen and oxygen atoms in total. The fourth-order valence-corrected chi connectivity index (χ4v) is 7.93. The smallest absolute Gasteiger partial charge is 0.201 e. The Kier molecular flexibility index (Phi) is 6.89. The zero-order chi connectivity index (χ0) is 35.6. The van der Waals surface area contributed by atoms with Crippen molar-refractivity contribution in [1.29, 1.82) is 0 Å². The van der Waals surface area contributed by atoms with Crippen molar-refractivity contribution in [3.05, 3.63) is 180 Å². The third-order valence-corrected chi connectivity index (χ3v) is 10.5. The third-order valence-electron chi connectivity index (χ3n) is 10.5. The number of para-hydroxylation sites is 1. The molecule has 2 aliphatic heterocycles. The molecular weight excluding hydrogens is 665 g/mol. The molecule has 4 heterocycles. The van der Waals surface area contributed by atoms with E-state index in [-0.39, 0.29) is 0 Å². The zero-order valence-electron chi connectivity index (χ0n) is 29.1. The van der Waals surface area contributed by atoms with E-state index in [1.807, 2.05) is 24.3 Å². The average molecular weight is 697 g/mol. The van der Waals surface area contributed by atoms with Gasteiger partial charge in [-0.1, -0.05) is 127 Å². The summed E-state index contributed by atoms with van der Waals surface area (Å²) in [6.45, 7) is 0.707. The quantitative estimate of drug-likeness (QED) is 0.188. The highest BCUT2D eigenvalue weighted by molar-refractivity contribution is 6.22. The van der Waals surface area contributed by atoms with Crippen molar-refractivity contribution in [2.75, 3.05) is 11.9 Å². The number of furan rings is 2. The number of hydrogen-bond donors (Lipinski definition) is 2. The molecule has 9 aromatic rings. The largest absolute Gasteiger partial charge is 0.456 e. The first-order valence-electron chi connectivity index (χ1n) is 18.2. The van der Waals surface area contributed by atoms with Crippen molar-refractivity contribution in [3.63, 3.8) is 0 Å². The van der Waals surface area contributed by atoms with Gasteiger partial charge >= 0.3 is 0 Å². The number of benzene rings is 7. The highest BCUT2D eigenvalue weighted by atomic mass is 16.4. The maximum absolute atomic E-state index is 6.47. The molecule has 6 heteroatoms. The van der Waals surface area contributed by atoms with Crippen molar-refractivity contribution >= 4 is 67.3 Å². The average Bonchev–Trinajstić information content (AvgIpc) is 3.81. The lowest BCUT2D eigenvalue weighted by atomic mass is 9.91. The van der Waals surface area contributed by atoms with Gasteiger partial charge in [-0.05, 0) is 69.4 Å². The monoisotopic (exact) mass is 696 g/mol. The lowest BCUT2D eigenvalue weighted by molar-refractivity contribution is 0.628. The van der Waals surface area contributed by atoms with E-state index in [4.69, 9.17) is 18.8 Å². The van der Waals surface area contributed by atoms with Crippen LogP contribution in [0.15, 0.2) is 177 Å². The number of nitrogens with one attached hydrogen (secondary N) is 2. The Balaban J connectivity index is 1.14. The van der Waals surface area contributed by atoms with Crippen LogP contribution in [-0.4, -0.2) is 18.2 Å². The predicted octanol–water partition coefficient (Wildman–Crippen LogP) is 11.8. The van der Waals surface area contributed by atoms with Crippen LogP contribution in [0.2, 0.25) is 0 Å². The summed E-state index contributed by atoms with van der Waals surface area (Å²) in [6, 6.07) is 52.8. The molecule has 0 saturated carbocycles. The fourth-order valence-electron chi connectivity index (χ4n) is 7.93. The van der Waals surface area contributed by atoms with Crippen molar-refractivity contribution in [3.8, 4) is 22.3 Å². The Labute approximate surface area is 310 Å². The first-order chi connectivity index (χ1) is 26.7. The molecule has 2 aliphatic rings. The SMILES string of the molecule is C1=Cc2c(oc3ccc(-c4cccc(-c5ccccc5)c4)c(C4=NC(c5ccc6ccccc6c5)=NC(c5ccc6c(c5)oc5ccccc56)N4)c23)NC1. The molecule has 0 bridgehead atoms. The Hall–Kier alpha value is -7.18. The molecule has 1 atom stereocenters. The van der Waals surface area contributed by atoms with Crippen LogP contribution in [0.5, 0.6) is 0 Å². The summed E-state index contributed by atoms with van der Waals surface area (Å²) in [5, 5.41) is 12.7. The maximum atomic E-state index is 6.47. The molecule has 7 aromatic carbocycles. The van der Waals surface area contributed by atoms with Crippen molar-refractivity contribution in [2.45, 2.75) is 6.17 Å². The van der Waals surface area contributed by atoms with E-state index in [0.717, 1.165) is 94.5 Å². The van der Waals surface area contributed by atoms with Crippen molar-refractivity contribution in [1.82, 2.24) is 5.32 Å². The molecule has 256 valence electrons. The van der Waals surface area contributed by atoms with Crippen LogP contribution in [0.3, 0.4) is 0 Å². The van der Waals surface area contributed by atoms with E-state index in [2.05, 4.69) is 150 Å². The molecule has 0 radical (unpaired) electrons. The van der Waals surface area contributed by atoms with E-state index < -0.39 is 6.17 Å². The van der Waals surface area contributed by atoms with Gasteiger partial charge in [0.25, 0.3) is 0 Å². The van der Waals surface area contributed by atoms with Gasteiger partial charge < -0.3 is 19.5 Å². The Bertz CT molecular complexity index is 3040. The second-order valence-electron chi connectivity index (χ2n) is 13.8. The maximum Gasteiger partial charge on any atom is 0.201 e. The third kappa shape index (κ3) is 5.03. The molecule has 2 N–H and O–H groups in total. The summed E-state index contributed by atoms with van der Waals surface area (Å²) in [6.07, 6.45) is 3.83. The van der Waals surface area contributed by atoms with E-state index >= 15 is 0 Å². The molecule has 0 fully saturated rings. The minimum atomic E-state index is -0.452. The molecule has 2 aromatic heterocycles. The lowest BCUT2D eigenvalue weighted by Crippen LogP contribution is -2.34. The summed E-state index contributed by atoms with van der Waals surface area (Å²) in [5.74, 6) is 2.13. The van der Waals surface area contributed by atoms with Crippen LogP contribution in [0, 0.1) is 0 Å². The second kappa shape index (κ2) is 12.2. The van der Waals surface area contributed by atoms with Crippen LogP contribution in [0.4, 0.5) is 5.88 Å². The number of amidine groups is 2. The van der Waals surface area contributed by atoms with E-state index in [0.29, 0.717) is 12.4 Å². The lowest BCUT2D eigenvalue weighted by Gasteiger charge is -2.25. The van der Waals surface area contributed by atoms with Gasteiger partial charge in [-0.15, -0.1) is 0 Å². The summed E-state index contributed by atoms with van der Waals surface area (Å²) >= 11 is 0. The Morgan fingerprint density at radius 3 is 2.33 bits per heavy atom. The van der Waals surface area contributed by atoms with Gasteiger partial charge in [0.05, 0.1) is 0 Å². The van der Waals surface area contributed by atoms with E-state index in [9.17, 15) is 0 Å². The summed E-state index contributed by atoms with van der Waals surface area (Å²) in [7, 11) is 0. The summed E-state index contributed by atoms with van der Waals surface area (Å²) in [4.78, 5) is 10.7.